The van der Waals surface area contributed by atoms with Crippen molar-refractivity contribution in [3.05, 3.63) is 65.1 Å². The number of rotatable bonds is 4. The Morgan fingerprint density at radius 1 is 1.03 bits per heavy atom. The number of carbonyl (C=O) groups is 1. The van der Waals surface area contributed by atoms with Crippen LogP contribution in [0, 0.1) is 6.92 Å². The maximum atomic E-state index is 13.0. The first-order valence-electron chi connectivity index (χ1n) is 9.87. The highest BCUT2D eigenvalue weighted by atomic mass is 19.4. The van der Waals surface area contributed by atoms with Crippen LogP contribution in [0.3, 0.4) is 0 Å². The lowest BCUT2D eigenvalue weighted by atomic mass is 9.93. The van der Waals surface area contributed by atoms with Crippen LogP contribution in [0.5, 0.6) is 11.5 Å². The second kappa shape index (κ2) is 7.85. The van der Waals surface area contributed by atoms with Gasteiger partial charge in [0.25, 0.3) is 5.91 Å². The minimum Gasteiger partial charge on any atom is -0.486 e. The molecule has 0 saturated heterocycles. The number of nitrogens with one attached hydrogen (secondary N) is 1. The number of carbonyl (C=O) groups excluding carboxylic acids is 1. The third-order valence-electron chi connectivity index (χ3n) is 5.24. The summed E-state index contributed by atoms with van der Waals surface area (Å²) in [5.74, 6) is 1.08. The van der Waals surface area contributed by atoms with Gasteiger partial charge in [0.2, 0.25) is 0 Å². The number of halogens is 3. The zero-order chi connectivity index (χ0) is 23.1. The van der Waals surface area contributed by atoms with Crippen LogP contribution >= 0.6 is 0 Å². The lowest BCUT2D eigenvalue weighted by Crippen LogP contribution is -2.41. The van der Waals surface area contributed by atoms with Gasteiger partial charge >= 0.3 is 6.18 Å². The van der Waals surface area contributed by atoms with Crippen molar-refractivity contribution in [2.75, 3.05) is 13.2 Å². The fraction of sp³-hybridized carbons (Fsp3) is 0.318. The molecule has 0 bridgehead atoms. The Morgan fingerprint density at radius 2 is 1.72 bits per heavy atom. The molecule has 0 atom stereocenters. The molecule has 0 radical (unpaired) electrons. The molecule has 0 aliphatic carbocycles. The van der Waals surface area contributed by atoms with Crippen molar-refractivity contribution < 1.29 is 27.4 Å². The van der Waals surface area contributed by atoms with E-state index < -0.39 is 17.3 Å². The molecule has 32 heavy (non-hydrogen) atoms. The van der Waals surface area contributed by atoms with Crippen molar-refractivity contribution in [3.8, 4) is 17.3 Å². The molecular weight excluding hydrogens is 425 g/mol. The van der Waals surface area contributed by atoms with Crippen LogP contribution in [-0.2, 0) is 11.7 Å². The molecule has 0 fully saturated rings. The Hall–Kier alpha value is -3.56. The molecule has 4 rings (SSSR count). The number of alkyl halides is 3. The van der Waals surface area contributed by atoms with Crippen molar-refractivity contribution >= 4 is 5.91 Å². The van der Waals surface area contributed by atoms with E-state index in [-0.39, 0.29) is 17.3 Å². The van der Waals surface area contributed by atoms with Crippen molar-refractivity contribution in [2.45, 2.75) is 32.5 Å². The summed E-state index contributed by atoms with van der Waals surface area (Å²) >= 11 is 0. The van der Waals surface area contributed by atoms with Gasteiger partial charge in [-0.05, 0) is 50.6 Å². The molecule has 0 unspecified atom stereocenters. The normalized spacial score (nSPS) is 13.7. The fourth-order valence-electron chi connectivity index (χ4n) is 3.40. The second-order valence-corrected chi connectivity index (χ2v) is 7.90. The van der Waals surface area contributed by atoms with E-state index in [2.05, 4.69) is 15.4 Å². The predicted octanol–water partition coefficient (Wildman–Crippen LogP) is 4.03. The van der Waals surface area contributed by atoms with Crippen molar-refractivity contribution in [1.82, 2.24) is 20.1 Å². The number of hydrogen-bond donors (Lipinski definition) is 1. The zero-order valence-electron chi connectivity index (χ0n) is 17.7. The van der Waals surface area contributed by atoms with Gasteiger partial charge in [0.1, 0.15) is 13.2 Å². The maximum Gasteiger partial charge on any atom is 0.417 e. The Bertz CT molecular complexity index is 1150. The van der Waals surface area contributed by atoms with Gasteiger partial charge in [0.05, 0.1) is 28.6 Å². The summed E-state index contributed by atoms with van der Waals surface area (Å²) in [7, 11) is 0. The molecule has 0 saturated carbocycles. The highest BCUT2D eigenvalue weighted by Crippen LogP contribution is 2.34. The molecule has 1 amide bonds. The minimum atomic E-state index is -4.48. The van der Waals surface area contributed by atoms with Gasteiger partial charge in [-0.15, -0.1) is 0 Å². The monoisotopic (exact) mass is 446 g/mol. The highest BCUT2D eigenvalue weighted by Gasteiger charge is 2.31. The van der Waals surface area contributed by atoms with Gasteiger partial charge in [-0.2, -0.15) is 18.3 Å². The number of benzene rings is 1. The SMILES string of the molecule is Cc1c(C(=O)NC(C)(C)c2ccc3c(c2)OCCO3)cnn1-c1ccc(C(F)(F)F)cn1. The van der Waals surface area contributed by atoms with E-state index >= 15 is 0 Å². The Morgan fingerprint density at radius 3 is 2.38 bits per heavy atom. The van der Waals surface area contributed by atoms with Gasteiger partial charge in [0, 0.05) is 6.20 Å². The van der Waals surface area contributed by atoms with Crippen LogP contribution < -0.4 is 14.8 Å². The van der Waals surface area contributed by atoms with Gasteiger partial charge in [-0.1, -0.05) is 6.07 Å². The molecular formula is C22H21F3N4O3. The summed E-state index contributed by atoms with van der Waals surface area (Å²) in [6.45, 7) is 6.31. The zero-order valence-corrected chi connectivity index (χ0v) is 17.7. The Balaban J connectivity index is 1.55. The standard InChI is InChI=1S/C22H21F3N4O3/c1-13-16(12-27-29(13)19-7-5-15(11-26-19)22(23,24)25)20(30)28-21(2,3)14-4-6-17-18(10-14)32-9-8-31-17/h4-7,10-12H,8-9H2,1-3H3,(H,28,30). The average Bonchev–Trinajstić information content (AvgIpc) is 3.14. The maximum absolute atomic E-state index is 13.0. The molecule has 7 nitrogen and oxygen atoms in total. The van der Waals surface area contributed by atoms with Crippen LogP contribution in [0.2, 0.25) is 0 Å². The van der Waals surface area contributed by atoms with E-state index in [4.69, 9.17) is 9.47 Å². The van der Waals surface area contributed by atoms with E-state index in [0.717, 1.165) is 17.8 Å². The summed E-state index contributed by atoms with van der Waals surface area (Å²) < 4.78 is 50.8. The lowest BCUT2D eigenvalue weighted by Gasteiger charge is -2.28. The molecule has 1 N–H and O–H groups in total. The van der Waals surface area contributed by atoms with Crippen LogP contribution in [0.25, 0.3) is 5.82 Å². The molecule has 168 valence electrons. The number of pyridine rings is 1. The number of fused-ring (bicyclic) bond motifs is 1. The second-order valence-electron chi connectivity index (χ2n) is 7.90. The van der Waals surface area contributed by atoms with Crippen molar-refractivity contribution in [1.29, 1.82) is 0 Å². The third-order valence-corrected chi connectivity index (χ3v) is 5.24. The molecule has 2 aromatic heterocycles. The fourth-order valence-corrected chi connectivity index (χ4v) is 3.40. The number of amides is 1. The van der Waals surface area contributed by atoms with Crippen molar-refractivity contribution in [3.63, 3.8) is 0 Å². The van der Waals surface area contributed by atoms with Crippen LogP contribution in [0.4, 0.5) is 13.2 Å². The largest absolute Gasteiger partial charge is 0.486 e. The van der Waals surface area contributed by atoms with E-state index in [1.807, 2.05) is 26.0 Å². The summed E-state index contributed by atoms with van der Waals surface area (Å²) in [6.07, 6.45) is -2.37. The number of ether oxygens (including phenoxy) is 2. The smallest absolute Gasteiger partial charge is 0.417 e. The van der Waals surface area contributed by atoms with Crippen LogP contribution in [0.1, 0.15) is 41.0 Å². The van der Waals surface area contributed by atoms with E-state index in [1.54, 1.807) is 13.0 Å². The molecule has 10 heteroatoms. The van der Waals surface area contributed by atoms with Gasteiger partial charge < -0.3 is 14.8 Å². The first-order valence-corrected chi connectivity index (χ1v) is 9.87. The number of nitrogens with zero attached hydrogens (tertiary/aromatic N) is 3. The number of hydrogen-bond acceptors (Lipinski definition) is 5. The molecule has 1 aromatic carbocycles. The molecule has 3 aromatic rings. The van der Waals surface area contributed by atoms with Gasteiger partial charge in [-0.3, -0.25) is 4.79 Å². The molecule has 0 spiro atoms. The third kappa shape index (κ3) is 4.12. The molecule has 1 aliphatic heterocycles. The average molecular weight is 446 g/mol. The first kappa shape index (κ1) is 21.7. The summed E-state index contributed by atoms with van der Waals surface area (Å²) in [4.78, 5) is 16.8. The summed E-state index contributed by atoms with van der Waals surface area (Å²) in [5, 5.41) is 7.11. The van der Waals surface area contributed by atoms with E-state index in [0.29, 0.717) is 30.4 Å². The van der Waals surface area contributed by atoms with E-state index in [9.17, 15) is 18.0 Å². The van der Waals surface area contributed by atoms with E-state index in [1.165, 1.54) is 16.9 Å². The van der Waals surface area contributed by atoms with Gasteiger partial charge in [-0.25, -0.2) is 9.67 Å². The minimum absolute atomic E-state index is 0.181. The topological polar surface area (TPSA) is 78.3 Å². The Labute approximate surface area is 182 Å². The number of aromatic nitrogens is 3. The van der Waals surface area contributed by atoms with Crippen LogP contribution in [-0.4, -0.2) is 33.9 Å². The Kier molecular flexibility index (Phi) is 5.31. The van der Waals surface area contributed by atoms with Crippen molar-refractivity contribution in [2.24, 2.45) is 0 Å². The van der Waals surface area contributed by atoms with Gasteiger partial charge in [0.15, 0.2) is 17.3 Å². The quantitative estimate of drug-likeness (QED) is 0.655. The lowest BCUT2D eigenvalue weighted by molar-refractivity contribution is -0.137. The summed E-state index contributed by atoms with van der Waals surface area (Å²) in [6, 6.07) is 7.63. The highest BCUT2D eigenvalue weighted by molar-refractivity contribution is 5.95. The first-order chi connectivity index (χ1) is 15.1. The molecule has 1 aliphatic rings. The predicted molar refractivity (Wildman–Crippen MR) is 109 cm³/mol. The summed E-state index contributed by atoms with van der Waals surface area (Å²) in [5.41, 5.74) is -0.0338. The molecule has 3 heterocycles. The van der Waals surface area contributed by atoms with Crippen LogP contribution in [0.15, 0.2) is 42.7 Å².